The van der Waals surface area contributed by atoms with Gasteiger partial charge in [0.2, 0.25) is 5.91 Å². The normalized spacial score (nSPS) is 11.2. The third-order valence-electron chi connectivity index (χ3n) is 4.50. The van der Waals surface area contributed by atoms with Crippen LogP contribution in [0.1, 0.15) is 22.7 Å². The molecule has 1 amide bonds. The summed E-state index contributed by atoms with van der Waals surface area (Å²) in [5, 5.41) is 15.2. The summed E-state index contributed by atoms with van der Waals surface area (Å²) in [4.78, 5) is 13.1. The number of rotatable bonds is 7. The van der Waals surface area contributed by atoms with Crippen molar-refractivity contribution in [2.75, 3.05) is 18.2 Å². The minimum Gasteiger partial charge on any atom is -0.497 e. The quantitative estimate of drug-likeness (QED) is 0.539. The van der Waals surface area contributed by atoms with Gasteiger partial charge in [0, 0.05) is 23.5 Å². The van der Waals surface area contributed by atoms with Gasteiger partial charge in [-0.25, -0.2) is 0 Å². The van der Waals surface area contributed by atoms with Crippen molar-refractivity contribution in [3.8, 4) is 11.8 Å². The Labute approximate surface area is 169 Å². The fourth-order valence-electron chi connectivity index (χ4n) is 2.91. The second kappa shape index (κ2) is 9.29. The SMILES string of the molecule is COc1ccc(N)c([C@H](Nc2ccc(C#N)cc2)C(=O)NCc2ccccc2)c1. The lowest BCUT2D eigenvalue weighted by Crippen LogP contribution is -2.33. The average Bonchev–Trinajstić information content (AvgIpc) is 2.77. The van der Waals surface area contributed by atoms with Crippen LogP contribution in [0.4, 0.5) is 11.4 Å². The maximum Gasteiger partial charge on any atom is 0.247 e. The summed E-state index contributed by atoms with van der Waals surface area (Å²) >= 11 is 0. The van der Waals surface area contributed by atoms with Crippen LogP contribution in [0.5, 0.6) is 5.75 Å². The van der Waals surface area contributed by atoms with Gasteiger partial charge in [-0.1, -0.05) is 30.3 Å². The monoisotopic (exact) mass is 386 g/mol. The Morgan fingerprint density at radius 1 is 1.10 bits per heavy atom. The maximum absolute atomic E-state index is 13.1. The van der Waals surface area contributed by atoms with Gasteiger partial charge in [0.1, 0.15) is 11.8 Å². The highest BCUT2D eigenvalue weighted by Crippen LogP contribution is 2.29. The van der Waals surface area contributed by atoms with E-state index >= 15 is 0 Å². The van der Waals surface area contributed by atoms with Crippen molar-refractivity contribution in [3.05, 3.63) is 89.5 Å². The van der Waals surface area contributed by atoms with E-state index in [1.165, 1.54) is 0 Å². The number of nitrogens with two attached hydrogens (primary N) is 1. The number of nitrogens with zero attached hydrogens (tertiary/aromatic N) is 1. The van der Waals surface area contributed by atoms with Crippen LogP contribution < -0.4 is 21.1 Å². The van der Waals surface area contributed by atoms with Gasteiger partial charge >= 0.3 is 0 Å². The van der Waals surface area contributed by atoms with Crippen molar-refractivity contribution in [2.24, 2.45) is 0 Å². The summed E-state index contributed by atoms with van der Waals surface area (Å²) < 4.78 is 5.30. The first-order valence-corrected chi connectivity index (χ1v) is 9.12. The molecule has 4 N–H and O–H groups in total. The van der Waals surface area contributed by atoms with E-state index in [4.69, 9.17) is 15.7 Å². The van der Waals surface area contributed by atoms with E-state index in [-0.39, 0.29) is 5.91 Å². The van der Waals surface area contributed by atoms with Crippen LogP contribution in [-0.2, 0) is 11.3 Å². The van der Waals surface area contributed by atoms with E-state index in [2.05, 4.69) is 16.7 Å². The van der Waals surface area contributed by atoms with Gasteiger partial charge in [0.15, 0.2) is 0 Å². The topological polar surface area (TPSA) is 100 Å². The number of anilines is 2. The number of carbonyl (C=O) groups is 1. The van der Waals surface area contributed by atoms with Crippen molar-refractivity contribution in [1.82, 2.24) is 5.32 Å². The zero-order chi connectivity index (χ0) is 20.6. The molecular weight excluding hydrogens is 364 g/mol. The van der Waals surface area contributed by atoms with Crippen molar-refractivity contribution >= 4 is 17.3 Å². The Hall–Kier alpha value is -3.98. The van der Waals surface area contributed by atoms with Crippen LogP contribution in [0, 0.1) is 11.3 Å². The number of methoxy groups -OCH3 is 1. The Morgan fingerprint density at radius 2 is 1.83 bits per heavy atom. The molecule has 0 fully saturated rings. The van der Waals surface area contributed by atoms with Gasteiger partial charge in [0.25, 0.3) is 0 Å². The van der Waals surface area contributed by atoms with Crippen molar-refractivity contribution < 1.29 is 9.53 Å². The molecule has 3 aromatic rings. The summed E-state index contributed by atoms with van der Waals surface area (Å²) in [5.74, 6) is 0.384. The summed E-state index contributed by atoms with van der Waals surface area (Å²) in [6.07, 6.45) is 0. The van der Waals surface area contributed by atoms with Gasteiger partial charge in [-0.2, -0.15) is 5.26 Å². The zero-order valence-corrected chi connectivity index (χ0v) is 16.1. The number of nitrogens with one attached hydrogen (secondary N) is 2. The van der Waals surface area contributed by atoms with Crippen LogP contribution in [0.2, 0.25) is 0 Å². The molecule has 0 bridgehead atoms. The Morgan fingerprint density at radius 3 is 2.48 bits per heavy atom. The number of benzene rings is 3. The highest BCUT2D eigenvalue weighted by atomic mass is 16.5. The standard InChI is InChI=1S/C23H22N4O2/c1-29-19-11-12-21(25)20(13-19)22(27-18-9-7-16(14-24)8-10-18)23(28)26-15-17-5-3-2-4-6-17/h2-13,22,27H,15,25H2,1H3,(H,26,28)/t22-/m0/s1. The molecule has 0 spiro atoms. The number of ether oxygens (including phenoxy) is 1. The summed E-state index contributed by atoms with van der Waals surface area (Å²) in [5.41, 5.74) is 9.50. The number of hydrogen-bond donors (Lipinski definition) is 3. The molecule has 0 heterocycles. The highest BCUT2D eigenvalue weighted by Gasteiger charge is 2.23. The Balaban J connectivity index is 1.87. The predicted octanol–water partition coefficient (Wildman–Crippen LogP) is 3.62. The third kappa shape index (κ3) is 5.05. The number of nitrogen functional groups attached to an aromatic ring is 1. The lowest BCUT2D eigenvalue weighted by molar-refractivity contribution is -0.122. The summed E-state index contributed by atoms with van der Waals surface area (Å²) in [6.45, 7) is 0.398. The molecule has 0 saturated carbocycles. The molecule has 1 atom stereocenters. The van der Waals surface area contributed by atoms with Gasteiger partial charge < -0.3 is 21.1 Å². The molecular formula is C23H22N4O2. The van der Waals surface area contributed by atoms with Crippen molar-refractivity contribution in [3.63, 3.8) is 0 Å². The van der Waals surface area contributed by atoms with E-state index in [1.54, 1.807) is 49.6 Å². The first-order valence-electron chi connectivity index (χ1n) is 9.12. The smallest absolute Gasteiger partial charge is 0.247 e. The van der Waals surface area contributed by atoms with E-state index in [1.807, 2.05) is 30.3 Å². The fraction of sp³-hybridized carbons (Fsp3) is 0.130. The molecule has 6 heteroatoms. The number of hydrogen-bond acceptors (Lipinski definition) is 5. The molecule has 3 rings (SSSR count). The lowest BCUT2D eigenvalue weighted by Gasteiger charge is -2.22. The van der Waals surface area contributed by atoms with E-state index in [0.717, 1.165) is 5.56 Å². The van der Waals surface area contributed by atoms with E-state index in [0.29, 0.717) is 34.8 Å². The molecule has 3 aromatic carbocycles. The molecule has 0 radical (unpaired) electrons. The zero-order valence-electron chi connectivity index (χ0n) is 16.1. The average molecular weight is 386 g/mol. The number of nitriles is 1. The molecule has 29 heavy (non-hydrogen) atoms. The van der Waals surface area contributed by atoms with Gasteiger partial charge in [-0.15, -0.1) is 0 Å². The van der Waals surface area contributed by atoms with Crippen LogP contribution in [0.25, 0.3) is 0 Å². The molecule has 6 nitrogen and oxygen atoms in total. The molecule has 0 aliphatic heterocycles. The second-order valence-electron chi connectivity index (χ2n) is 6.46. The van der Waals surface area contributed by atoms with Gasteiger partial charge in [0.05, 0.1) is 18.7 Å². The summed E-state index contributed by atoms with van der Waals surface area (Å²) in [7, 11) is 1.56. The van der Waals surface area contributed by atoms with Gasteiger partial charge in [-0.05, 0) is 48.0 Å². The maximum atomic E-state index is 13.1. The van der Waals surface area contributed by atoms with Crippen LogP contribution in [-0.4, -0.2) is 13.0 Å². The van der Waals surface area contributed by atoms with Gasteiger partial charge in [-0.3, -0.25) is 4.79 Å². The summed E-state index contributed by atoms with van der Waals surface area (Å²) in [6, 6.07) is 23.1. The fourth-order valence-corrected chi connectivity index (χ4v) is 2.91. The van der Waals surface area contributed by atoms with Crippen LogP contribution >= 0.6 is 0 Å². The van der Waals surface area contributed by atoms with Crippen LogP contribution in [0.15, 0.2) is 72.8 Å². The molecule has 146 valence electrons. The Bertz CT molecular complexity index is 1010. The number of amides is 1. The predicted molar refractivity (Wildman–Crippen MR) is 113 cm³/mol. The molecule has 0 aliphatic carbocycles. The van der Waals surface area contributed by atoms with Crippen molar-refractivity contribution in [2.45, 2.75) is 12.6 Å². The minimum atomic E-state index is -0.734. The van der Waals surface area contributed by atoms with E-state index in [9.17, 15) is 4.79 Å². The Kier molecular flexibility index (Phi) is 6.33. The van der Waals surface area contributed by atoms with Crippen LogP contribution in [0.3, 0.4) is 0 Å². The second-order valence-corrected chi connectivity index (χ2v) is 6.46. The van der Waals surface area contributed by atoms with Crippen molar-refractivity contribution in [1.29, 1.82) is 5.26 Å². The highest BCUT2D eigenvalue weighted by molar-refractivity contribution is 5.88. The first kappa shape index (κ1) is 19.8. The molecule has 0 aliphatic rings. The van der Waals surface area contributed by atoms with E-state index < -0.39 is 6.04 Å². The largest absolute Gasteiger partial charge is 0.497 e. The third-order valence-corrected chi connectivity index (χ3v) is 4.50. The molecule has 0 saturated heterocycles. The number of carbonyl (C=O) groups excluding carboxylic acids is 1. The lowest BCUT2D eigenvalue weighted by atomic mass is 10.0. The molecule has 0 aromatic heterocycles. The molecule has 0 unspecified atom stereocenters. The minimum absolute atomic E-state index is 0.224. The first-order chi connectivity index (χ1) is 14.1.